The maximum absolute atomic E-state index is 12.1. The number of halogens is 2. The van der Waals surface area contributed by atoms with Crippen molar-refractivity contribution >= 4 is 90.1 Å². The van der Waals surface area contributed by atoms with Gasteiger partial charge in [0.1, 0.15) is 0 Å². The summed E-state index contributed by atoms with van der Waals surface area (Å²) in [6.07, 6.45) is 10.3. The second-order valence-electron chi connectivity index (χ2n) is 16.4. The first kappa shape index (κ1) is 49.6. The average Bonchev–Trinajstić information content (AvgIpc) is 4.17. The lowest BCUT2D eigenvalue weighted by Crippen LogP contribution is -2.30. The van der Waals surface area contributed by atoms with Crippen LogP contribution in [0.1, 0.15) is 35.6 Å². The number of aromatic amines is 1. The number of likely N-dealkylation sites (tertiary alicyclic amines) is 2. The molecule has 0 spiro atoms. The minimum absolute atomic E-state index is 0.0938. The molecule has 2 aliphatic rings. The van der Waals surface area contributed by atoms with Crippen LogP contribution in [0.4, 0.5) is 32.3 Å². The van der Waals surface area contributed by atoms with Crippen LogP contribution in [0.15, 0.2) is 90.6 Å². The standard InChI is InChI=1S/C21H20ClN5O2.C15H11ClN4.C13H17NO5S/c1-12-6-19-14(7-18(12)24-2)16(15-8-25-9-17(23)20(15)22)11-27(19)13-4-5-26(10-13)21(28)29-3;1-8-3-14-9(4-13(8)18-2)10(6-20-14)11-5-19-7-12(17)15(11)16;1-10-3-5-12(6-4-10)20(16,17)19-11-7-8-14(9-11)13(15)18-2/h6-9,11,13H,4-5,10,23H2,1,3H3;3-7,20H,17H2,1H3;3-6,11H,7-9H2,1-2H3. The first-order valence-electron chi connectivity index (χ1n) is 21.4. The van der Waals surface area contributed by atoms with Gasteiger partial charge in [0.15, 0.2) is 11.4 Å². The molecule has 0 radical (unpaired) electrons. The number of aryl methyl sites for hydroxylation is 3. The molecule has 2 fully saturated rings. The number of fused-ring (bicyclic) bond motifs is 2. The number of pyridine rings is 2. The smallest absolute Gasteiger partial charge is 0.409 e. The predicted molar refractivity (Wildman–Crippen MR) is 267 cm³/mol. The third-order valence-corrected chi connectivity index (χ3v) is 14.1. The SMILES string of the molecule is COC(=O)N1CCC(OS(=O)(=O)c2ccc(C)cc2)C1.[C-]#[N+]c1cc2c(-c3cncc(N)c3Cl)c[nH]c2cc1C.[C-]#[N+]c1cc2c(-c3cncc(N)c3Cl)cn(C3CCN(C(=O)OC)C3)c2cc1C. The largest absolute Gasteiger partial charge is 0.453 e. The van der Waals surface area contributed by atoms with Crippen molar-refractivity contribution in [3.05, 3.63) is 135 Å². The Balaban J connectivity index is 0.000000157. The van der Waals surface area contributed by atoms with Crippen LogP contribution in [0, 0.1) is 33.9 Å². The van der Waals surface area contributed by atoms with Crippen molar-refractivity contribution in [2.75, 3.05) is 51.9 Å². The Morgan fingerprint density at radius 2 is 1.30 bits per heavy atom. The van der Waals surface area contributed by atoms with Crippen LogP contribution in [0.5, 0.6) is 0 Å². The number of H-pyrrole nitrogens is 1. The number of amides is 2. The highest BCUT2D eigenvalue weighted by Crippen LogP contribution is 2.42. The van der Waals surface area contributed by atoms with E-state index in [1.807, 2.05) is 57.4 Å². The Hall–Kier alpha value is -7.35. The van der Waals surface area contributed by atoms with Crippen LogP contribution >= 0.6 is 23.2 Å². The Labute approximate surface area is 409 Å². The van der Waals surface area contributed by atoms with Crippen molar-refractivity contribution in [1.82, 2.24) is 29.3 Å². The van der Waals surface area contributed by atoms with Gasteiger partial charge in [-0.2, -0.15) is 8.42 Å². The number of rotatable bonds is 6. The van der Waals surface area contributed by atoms with Crippen LogP contribution < -0.4 is 11.5 Å². The molecule has 2 unspecified atom stereocenters. The van der Waals surface area contributed by atoms with Crippen LogP contribution in [-0.4, -0.2) is 96.4 Å². The molecule has 5 N–H and O–H groups in total. The van der Waals surface area contributed by atoms with Crippen molar-refractivity contribution in [1.29, 1.82) is 0 Å². The molecule has 7 aromatic rings. The number of hydrogen-bond acceptors (Lipinski definition) is 11. The van der Waals surface area contributed by atoms with Gasteiger partial charge in [0.25, 0.3) is 10.1 Å². The van der Waals surface area contributed by atoms with E-state index in [-0.39, 0.29) is 23.6 Å². The van der Waals surface area contributed by atoms with E-state index in [9.17, 15) is 18.0 Å². The number of nitrogens with one attached hydrogen (secondary N) is 1. The summed E-state index contributed by atoms with van der Waals surface area (Å²) < 4.78 is 41.0. The number of methoxy groups -OCH3 is 2. The summed E-state index contributed by atoms with van der Waals surface area (Å²) in [5.74, 6) is 0. The molecule has 3 aromatic carbocycles. The monoisotopic (exact) mass is 990 g/mol. The van der Waals surface area contributed by atoms with Gasteiger partial charge in [0, 0.05) is 77.7 Å². The van der Waals surface area contributed by atoms with Gasteiger partial charge in [0.05, 0.1) is 84.8 Å². The lowest BCUT2D eigenvalue weighted by atomic mass is 10.0. The predicted octanol–water partition coefficient (Wildman–Crippen LogP) is 10.7. The fourth-order valence-corrected chi connectivity index (χ4v) is 9.73. The van der Waals surface area contributed by atoms with Crippen molar-refractivity contribution in [3.8, 4) is 22.3 Å². The Morgan fingerprint density at radius 3 is 1.90 bits per heavy atom. The van der Waals surface area contributed by atoms with E-state index in [1.165, 1.54) is 43.6 Å². The minimum atomic E-state index is -3.80. The number of nitrogens with zero attached hydrogens (tertiary/aromatic N) is 7. The average molecular weight is 992 g/mol. The third kappa shape index (κ3) is 10.5. The summed E-state index contributed by atoms with van der Waals surface area (Å²) >= 11 is 12.7. The van der Waals surface area contributed by atoms with Gasteiger partial charge in [0.2, 0.25) is 0 Å². The number of benzene rings is 3. The van der Waals surface area contributed by atoms with Crippen LogP contribution in [-0.2, 0) is 23.8 Å². The molecular formula is C49H48Cl2N10O7S. The zero-order valence-corrected chi connectivity index (χ0v) is 40.6. The van der Waals surface area contributed by atoms with Crippen LogP contribution in [0.2, 0.25) is 10.0 Å². The molecule has 2 saturated heterocycles. The van der Waals surface area contributed by atoms with Gasteiger partial charge in [-0.25, -0.2) is 19.3 Å². The zero-order valence-electron chi connectivity index (χ0n) is 38.3. The van der Waals surface area contributed by atoms with E-state index in [0.717, 1.165) is 67.2 Å². The van der Waals surface area contributed by atoms with E-state index in [0.29, 0.717) is 58.8 Å². The fourth-order valence-electron chi connectivity index (χ4n) is 8.24. The Kier molecular flexibility index (Phi) is 15.0. The summed E-state index contributed by atoms with van der Waals surface area (Å²) in [4.78, 5) is 45.2. The number of nitrogen functional groups attached to an aromatic ring is 2. The number of carbonyl (C=O) groups excluding carboxylic acids is 2. The van der Waals surface area contributed by atoms with E-state index in [1.54, 1.807) is 29.4 Å². The summed E-state index contributed by atoms with van der Waals surface area (Å²) in [7, 11) is -1.11. The van der Waals surface area contributed by atoms with Gasteiger partial charge < -0.3 is 40.3 Å². The second-order valence-corrected chi connectivity index (χ2v) is 18.8. The van der Waals surface area contributed by atoms with Crippen molar-refractivity contribution in [3.63, 3.8) is 0 Å². The summed E-state index contributed by atoms with van der Waals surface area (Å²) in [6, 6.07) is 14.3. The summed E-state index contributed by atoms with van der Waals surface area (Å²) in [6.45, 7) is 22.3. The van der Waals surface area contributed by atoms with Gasteiger partial charge in [-0.15, -0.1) is 0 Å². The number of aromatic nitrogens is 4. The van der Waals surface area contributed by atoms with E-state index < -0.39 is 22.3 Å². The molecule has 69 heavy (non-hydrogen) atoms. The Morgan fingerprint density at radius 1 is 0.754 bits per heavy atom. The van der Waals surface area contributed by atoms with Crippen LogP contribution in [0.3, 0.4) is 0 Å². The molecule has 356 valence electrons. The molecule has 2 aliphatic heterocycles. The molecule has 0 aliphatic carbocycles. The molecule has 2 amide bonds. The molecule has 0 saturated carbocycles. The van der Waals surface area contributed by atoms with Gasteiger partial charge in [-0.1, -0.05) is 40.9 Å². The van der Waals surface area contributed by atoms with Crippen molar-refractivity contribution < 1.29 is 31.7 Å². The first-order chi connectivity index (χ1) is 33.0. The van der Waals surface area contributed by atoms with Crippen molar-refractivity contribution in [2.45, 2.75) is 50.7 Å². The van der Waals surface area contributed by atoms with E-state index in [2.05, 4.69) is 33.9 Å². The molecule has 4 aromatic heterocycles. The number of hydrogen-bond donors (Lipinski definition) is 3. The number of carbonyl (C=O) groups is 2. The van der Waals surface area contributed by atoms with Gasteiger partial charge >= 0.3 is 12.2 Å². The highest BCUT2D eigenvalue weighted by molar-refractivity contribution is 7.86. The number of anilines is 2. The van der Waals surface area contributed by atoms with Crippen molar-refractivity contribution in [2.24, 2.45) is 0 Å². The third-order valence-electron chi connectivity index (χ3n) is 11.9. The molecule has 20 heteroatoms. The van der Waals surface area contributed by atoms with Gasteiger partial charge in [-0.05, 0) is 91.9 Å². The normalized spacial score (nSPS) is 15.4. The van der Waals surface area contributed by atoms with E-state index in [4.69, 9.17) is 56.7 Å². The highest BCUT2D eigenvalue weighted by atomic mass is 35.5. The minimum Gasteiger partial charge on any atom is -0.453 e. The lowest BCUT2D eigenvalue weighted by molar-refractivity contribution is 0.126. The summed E-state index contributed by atoms with van der Waals surface area (Å²) in [5, 5.41) is 2.76. The maximum Gasteiger partial charge on any atom is 0.409 e. The molecular weight excluding hydrogens is 944 g/mol. The lowest BCUT2D eigenvalue weighted by Gasteiger charge is -2.16. The highest BCUT2D eigenvalue weighted by Gasteiger charge is 2.32. The molecule has 9 rings (SSSR count). The van der Waals surface area contributed by atoms with Gasteiger partial charge in [-0.3, -0.25) is 14.2 Å². The summed E-state index contributed by atoms with van der Waals surface area (Å²) in [5.41, 5.74) is 21.8. The molecule has 6 heterocycles. The number of nitrogens with two attached hydrogens (primary N) is 2. The second kappa shape index (κ2) is 20.9. The molecule has 0 bridgehead atoms. The van der Waals surface area contributed by atoms with Crippen LogP contribution in [0.25, 0.3) is 53.7 Å². The maximum atomic E-state index is 12.1. The fraction of sp³-hybridized carbons (Fsp3) is 0.265. The van der Waals surface area contributed by atoms with E-state index >= 15 is 0 Å². The quantitative estimate of drug-likeness (QED) is 0.105. The molecule has 17 nitrogen and oxygen atoms in total. The molecule has 2 atom stereocenters. The number of ether oxygens (including phenoxy) is 2. The zero-order chi connectivity index (χ0) is 49.7. The first-order valence-corrected chi connectivity index (χ1v) is 23.6. The Bertz CT molecular complexity index is 3290. The topological polar surface area (TPSA) is 210 Å².